The molecule has 0 radical (unpaired) electrons. The quantitative estimate of drug-likeness (QED) is 0.685. The zero-order valence-corrected chi connectivity index (χ0v) is 7.81. The summed E-state index contributed by atoms with van der Waals surface area (Å²) in [5.41, 5.74) is -1.06. The van der Waals surface area contributed by atoms with Crippen molar-refractivity contribution in [3.8, 4) is 0 Å². The number of aliphatic hydroxyl groups is 1. The number of rotatable bonds is 5. The van der Waals surface area contributed by atoms with Gasteiger partial charge < -0.3 is 10.4 Å². The third kappa shape index (κ3) is 4.17. The van der Waals surface area contributed by atoms with E-state index in [0.717, 1.165) is 0 Å². The van der Waals surface area contributed by atoms with E-state index in [0.29, 0.717) is 12.8 Å². The van der Waals surface area contributed by atoms with Crippen LogP contribution in [0.4, 0.5) is 8.78 Å². The lowest BCUT2D eigenvalue weighted by molar-refractivity contribution is -0.133. The summed E-state index contributed by atoms with van der Waals surface area (Å²) in [6.45, 7) is 3.35. The van der Waals surface area contributed by atoms with Gasteiger partial charge >= 0.3 is 6.43 Å². The number of carbonyl (C=O) groups is 1. The molecule has 5 heteroatoms. The number of halogens is 2. The molecule has 0 aliphatic rings. The number of hydrogen-bond acceptors (Lipinski definition) is 2. The van der Waals surface area contributed by atoms with Crippen LogP contribution in [-0.4, -0.2) is 29.6 Å². The van der Waals surface area contributed by atoms with Gasteiger partial charge in [-0.15, -0.1) is 0 Å². The second-order valence-electron chi connectivity index (χ2n) is 2.95. The van der Waals surface area contributed by atoms with E-state index in [-0.39, 0.29) is 6.54 Å². The van der Waals surface area contributed by atoms with Crippen LogP contribution in [0.25, 0.3) is 0 Å². The van der Waals surface area contributed by atoms with Gasteiger partial charge in [-0.1, -0.05) is 13.8 Å². The van der Waals surface area contributed by atoms with Crippen LogP contribution in [0, 0.1) is 0 Å². The van der Waals surface area contributed by atoms with Gasteiger partial charge in [-0.2, -0.15) is 8.78 Å². The SMILES string of the molecule is CCC(O)(CC)CNC(=O)C(F)F. The normalized spacial score (nSPS) is 11.8. The van der Waals surface area contributed by atoms with Crippen molar-refractivity contribution in [3.63, 3.8) is 0 Å². The van der Waals surface area contributed by atoms with Crippen LogP contribution in [0.2, 0.25) is 0 Å². The predicted octanol–water partition coefficient (Wildman–Crippen LogP) is 0.919. The van der Waals surface area contributed by atoms with Gasteiger partial charge in [0, 0.05) is 6.54 Å². The average Bonchev–Trinajstić information content (AvgIpc) is 2.13. The van der Waals surface area contributed by atoms with Crippen molar-refractivity contribution in [1.82, 2.24) is 5.32 Å². The molecule has 0 saturated carbocycles. The number of carbonyl (C=O) groups excluding carboxylic acids is 1. The minimum atomic E-state index is -3.02. The fourth-order valence-electron chi connectivity index (χ4n) is 0.829. The van der Waals surface area contributed by atoms with Crippen molar-refractivity contribution >= 4 is 5.91 Å². The van der Waals surface area contributed by atoms with Gasteiger partial charge in [0.1, 0.15) is 0 Å². The minimum Gasteiger partial charge on any atom is -0.388 e. The first-order valence-corrected chi connectivity index (χ1v) is 4.23. The van der Waals surface area contributed by atoms with Gasteiger partial charge in [0.25, 0.3) is 5.91 Å². The third-order valence-corrected chi connectivity index (χ3v) is 2.11. The highest BCUT2D eigenvalue weighted by molar-refractivity contribution is 5.79. The fourth-order valence-corrected chi connectivity index (χ4v) is 0.829. The minimum absolute atomic E-state index is 0.122. The molecular formula is C8H15F2NO2. The molecule has 3 nitrogen and oxygen atoms in total. The van der Waals surface area contributed by atoms with E-state index in [1.54, 1.807) is 13.8 Å². The highest BCUT2D eigenvalue weighted by Gasteiger charge is 2.24. The van der Waals surface area contributed by atoms with Gasteiger partial charge in [0.2, 0.25) is 0 Å². The van der Waals surface area contributed by atoms with Crippen molar-refractivity contribution in [3.05, 3.63) is 0 Å². The highest BCUT2D eigenvalue weighted by Crippen LogP contribution is 2.12. The Hall–Kier alpha value is -0.710. The Balaban J connectivity index is 3.92. The van der Waals surface area contributed by atoms with Crippen LogP contribution in [0.3, 0.4) is 0 Å². The van der Waals surface area contributed by atoms with Crippen LogP contribution < -0.4 is 5.32 Å². The zero-order chi connectivity index (χ0) is 10.5. The van der Waals surface area contributed by atoms with Gasteiger partial charge in [-0.25, -0.2) is 0 Å². The molecule has 0 spiro atoms. The lowest BCUT2D eigenvalue weighted by Crippen LogP contribution is -2.43. The first-order valence-electron chi connectivity index (χ1n) is 4.23. The number of hydrogen-bond donors (Lipinski definition) is 2. The Kier molecular flexibility index (Phi) is 4.83. The lowest BCUT2D eigenvalue weighted by atomic mass is 9.98. The van der Waals surface area contributed by atoms with Crippen molar-refractivity contribution in [1.29, 1.82) is 0 Å². The highest BCUT2D eigenvalue weighted by atomic mass is 19.3. The molecule has 0 unspecified atom stereocenters. The molecule has 13 heavy (non-hydrogen) atoms. The molecule has 0 bridgehead atoms. The van der Waals surface area contributed by atoms with Gasteiger partial charge in [0.05, 0.1) is 5.60 Å². The number of nitrogens with one attached hydrogen (secondary N) is 1. The van der Waals surface area contributed by atoms with Gasteiger partial charge in [-0.3, -0.25) is 4.79 Å². The summed E-state index contributed by atoms with van der Waals surface area (Å²) in [4.78, 5) is 10.4. The molecule has 0 aliphatic heterocycles. The zero-order valence-electron chi connectivity index (χ0n) is 7.81. The Morgan fingerprint density at radius 3 is 2.23 bits per heavy atom. The molecule has 0 rings (SSSR count). The van der Waals surface area contributed by atoms with Crippen molar-refractivity contribution in [2.45, 2.75) is 38.7 Å². The summed E-state index contributed by atoms with van der Waals surface area (Å²) in [6, 6.07) is 0. The average molecular weight is 195 g/mol. The summed E-state index contributed by atoms with van der Waals surface area (Å²) in [7, 11) is 0. The summed E-state index contributed by atoms with van der Waals surface area (Å²) >= 11 is 0. The monoisotopic (exact) mass is 195 g/mol. The molecule has 2 N–H and O–H groups in total. The first-order chi connectivity index (χ1) is 5.95. The van der Waals surface area contributed by atoms with Gasteiger partial charge in [0.15, 0.2) is 0 Å². The Morgan fingerprint density at radius 1 is 1.46 bits per heavy atom. The molecule has 1 amide bonds. The molecule has 0 aromatic carbocycles. The topological polar surface area (TPSA) is 49.3 Å². The lowest BCUT2D eigenvalue weighted by Gasteiger charge is -2.25. The molecule has 0 fully saturated rings. The van der Waals surface area contributed by atoms with Gasteiger partial charge in [-0.05, 0) is 12.8 Å². The van der Waals surface area contributed by atoms with Crippen LogP contribution in [0.15, 0.2) is 0 Å². The van der Waals surface area contributed by atoms with E-state index in [1.807, 2.05) is 5.32 Å². The molecule has 78 valence electrons. The molecule has 0 saturated heterocycles. The molecule has 0 atom stereocenters. The molecule has 0 aliphatic carbocycles. The smallest absolute Gasteiger partial charge is 0.315 e. The second-order valence-corrected chi connectivity index (χ2v) is 2.95. The third-order valence-electron chi connectivity index (χ3n) is 2.11. The number of alkyl halides is 2. The molecule has 0 heterocycles. The summed E-state index contributed by atoms with van der Waals surface area (Å²) in [5, 5.41) is 11.6. The maximum Gasteiger partial charge on any atom is 0.315 e. The Bertz CT molecular complexity index is 170. The first kappa shape index (κ1) is 12.3. The van der Waals surface area contributed by atoms with E-state index < -0.39 is 17.9 Å². The van der Waals surface area contributed by atoms with Crippen LogP contribution in [-0.2, 0) is 4.79 Å². The predicted molar refractivity (Wildman–Crippen MR) is 44.5 cm³/mol. The van der Waals surface area contributed by atoms with E-state index in [1.165, 1.54) is 0 Å². The molecule has 0 aromatic rings. The summed E-state index contributed by atoms with van der Waals surface area (Å²) in [5.74, 6) is -1.33. The van der Waals surface area contributed by atoms with Crippen LogP contribution in [0.5, 0.6) is 0 Å². The maximum atomic E-state index is 11.7. The van der Waals surface area contributed by atoms with E-state index in [4.69, 9.17) is 0 Å². The fraction of sp³-hybridized carbons (Fsp3) is 0.875. The standard InChI is InChI=1S/C8H15F2NO2/c1-3-8(13,4-2)5-11-7(12)6(9)10/h6,13H,3-5H2,1-2H3,(H,11,12). The molecule has 0 aromatic heterocycles. The van der Waals surface area contributed by atoms with E-state index >= 15 is 0 Å². The van der Waals surface area contributed by atoms with Crippen molar-refractivity contribution < 1.29 is 18.7 Å². The van der Waals surface area contributed by atoms with Crippen molar-refractivity contribution in [2.75, 3.05) is 6.54 Å². The summed E-state index contributed by atoms with van der Waals surface area (Å²) < 4.78 is 23.4. The largest absolute Gasteiger partial charge is 0.388 e. The van der Waals surface area contributed by atoms with E-state index in [2.05, 4.69) is 0 Å². The van der Waals surface area contributed by atoms with Crippen molar-refractivity contribution in [2.24, 2.45) is 0 Å². The maximum absolute atomic E-state index is 11.7. The van der Waals surface area contributed by atoms with E-state index in [9.17, 15) is 18.7 Å². The Labute approximate surface area is 76.1 Å². The van der Waals surface area contributed by atoms with Crippen LogP contribution >= 0.6 is 0 Å². The second kappa shape index (κ2) is 5.11. The Morgan fingerprint density at radius 2 is 1.92 bits per heavy atom. The molecular weight excluding hydrogens is 180 g/mol. The summed E-state index contributed by atoms with van der Waals surface area (Å²) in [6.07, 6.45) is -2.17. The number of amides is 1. The van der Waals surface area contributed by atoms with Crippen LogP contribution in [0.1, 0.15) is 26.7 Å².